The van der Waals surface area contributed by atoms with Crippen LogP contribution >= 0.6 is 0 Å². The minimum Gasteiger partial charge on any atom is -0.411 e. The number of nitrogens with two attached hydrogens (primary N) is 1. The lowest BCUT2D eigenvalue weighted by molar-refractivity contribution is -0.156. The topological polar surface area (TPSA) is 77.8 Å². The second kappa shape index (κ2) is 3.47. The van der Waals surface area contributed by atoms with Gasteiger partial charge in [0, 0.05) is 0 Å². The number of nitrogen functional groups attached to an aromatic ring is 1. The summed E-state index contributed by atoms with van der Waals surface area (Å²) in [5.74, 6) is -1.57. The van der Waals surface area contributed by atoms with Crippen LogP contribution in [0.1, 0.15) is 5.89 Å². The Labute approximate surface area is 87.1 Å². The standard InChI is InChI=1S/C8H5F3N4O/c9-8(10,11)7-15-14-6(16-7)4-2-1-3-5(12)13-4/h1-3H,(H2,12,13). The van der Waals surface area contributed by atoms with Gasteiger partial charge in [0.05, 0.1) is 0 Å². The molecule has 0 aliphatic rings. The van der Waals surface area contributed by atoms with Gasteiger partial charge in [-0.1, -0.05) is 6.07 Å². The number of alkyl halides is 3. The third kappa shape index (κ3) is 1.95. The third-order valence-electron chi connectivity index (χ3n) is 1.66. The van der Waals surface area contributed by atoms with E-state index in [9.17, 15) is 13.2 Å². The normalized spacial score (nSPS) is 11.7. The molecule has 0 fully saturated rings. The first kappa shape index (κ1) is 10.4. The van der Waals surface area contributed by atoms with E-state index in [0.717, 1.165) is 0 Å². The van der Waals surface area contributed by atoms with Gasteiger partial charge in [-0.2, -0.15) is 13.2 Å². The SMILES string of the molecule is Nc1cccc(-c2nnc(C(F)(F)F)o2)n1. The zero-order chi connectivity index (χ0) is 11.8. The molecule has 0 aliphatic carbocycles. The van der Waals surface area contributed by atoms with Crippen LogP contribution < -0.4 is 5.73 Å². The van der Waals surface area contributed by atoms with E-state index in [2.05, 4.69) is 19.6 Å². The lowest BCUT2D eigenvalue weighted by Crippen LogP contribution is -2.04. The third-order valence-corrected chi connectivity index (χ3v) is 1.66. The Morgan fingerprint density at radius 3 is 2.50 bits per heavy atom. The summed E-state index contributed by atoms with van der Waals surface area (Å²) in [7, 11) is 0. The van der Waals surface area contributed by atoms with Crippen LogP contribution in [0.2, 0.25) is 0 Å². The van der Waals surface area contributed by atoms with Crippen molar-refractivity contribution in [3.8, 4) is 11.6 Å². The van der Waals surface area contributed by atoms with Crippen LogP contribution in [0.3, 0.4) is 0 Å². The molecule has 2 aromatic rings. The predicted molar refractivity (Wildman–Crippen MR) is 46.9 cm³/mol. The second-order valence-electron chi connectivity index (χ2n) is 2.86. The highest BCUT2D eigenvalue weighted by Gasteiger charge is 2.38. The highest BCUT2D eigenvalue weighted by atomic mass is 19.4. The van der Waals surface area contributed by atoms with Gasteiger partial charge >= 0.3 is 12.1 Å². The van der Waals surface area contributed by atoms with E-state index in [1.54, 1.807) is 0 Å². The van der Waals surface area contributed by atoms with Gasteiger partial charge in [-0.15, -0.1) is 10.2 Å². The van der Waals surface area contributed by atoms with E-state index in [4.69, 9.17) is 5.73 Å². The molecule has 0 saturated heterocycles. The van der Waals surface area contributed by atoms with Gasteiger partial charge in [-0.3, -0.25) is 0 Å². The summed E-state index contributed by atoms with van der Waals surface area (Å²) < 4.78 is 40.9. The molecule has 2 rings (SSSR count). The van der Waals surface area contributed by atoms with Crippen LogP contribution in [0.4, 0.5) is 19.0 Å². The van der Waals surface area contributed by atoms with Crippen molar-refractivity contribution in [2.45, 2.75) is 6.18 Å². The molecule has 0 spiro atoms. The molecular weight excluding hydrogens is 225 g/mol. The highest BCUT2D eigenvalue weighted by Crippen LogP contribution is 2.29. The summed E-state index contributed by atoms with van der Waals surface area (Å²) >= 11 is 0. The molecule has 0 atom stereocenters. The quantitative estimate of drug-likeness (QED) is 0.807. The fourth-order valence-corrected chi connectivity index (χ4v) is 1.01. The van der Waals surface area contributed by atoms with Gasteiger partial charge in [-0.25, -0.2) is 4.98 Å². The maximum absolute atomic E-state index is 12.2. The van der Waals surface area contributed by atoms with Crippen LogP contribution in [0, 0.1) is 0 Å². The summed E-state index contributed by atoms with van der Waals surface area (Å²) in [6, 6.07) is 4.43. The Morgan fingerprint density at radius 1 is 1.19 bits per heavy atom. The van der Waals surface area contributed by atoms with Crippen LogP contribution in [0.15, 0.2) is 22.6 Å². The number of halogens is 3. The van der Waals surface area contributed by atoms with E-state index in [0.29, 0.717) is 0 Å². The molecular formula is C8H5F3N4O. The van der Waals surface area contributed by atoms with Gasteiger partial charge in [0.2, 0.25) is 0 Å². The van der Waals surface area contributed by atoms with Crippen molar-refractivity contribution in [2.24, 2.45) is 0 Å². The van der Waals surface area contributed by atoms with E-state index >= 15 is 0 Å². The maximum atomic E-state index is 12.2. The maximum Gasteiger partial charge on any atom is 0.470 e. The molecule has 16 heavy (non-hydrogen) atoms. The number of aromatic nitrogens is 3. The van der Waals surface area contributed by atoms with Gasteiger partial charge in [0.15, 0.2) is 0 Å². The number of rotatable bonds is 1. The molecule has 2 aromatic heterocycles. The minimum absolute atomic E-state index is 0.100. The van der Waals surface area contributed by atoms with Crippen molar-refractivity contribution in [1.29, 1.82) is 0 Å². The number of hydrogen-bond donors (Lipinski definition) is 1. The molecule has 0 saturated carbocycles. The smallest absolute Gasteiger partial charge is 0.411 e. The minimum atomic E-state index is -4.66. The molecule has 84 valence electrons. The Bertz CT molecular complexity index is 508. The van der Waals surface area contributed by atoms with E-state index < -0.39 is 12.1 Å². The average Bonchev–Trinajstić information content (AvgIpc) is 2.65. The fourth-order valence-electron chi connectivity index (χ4n) is 1.01. The summed E-state index contributed by atoms with van der Waals surface area (Å²) in [4.78, 5) is 3.75. The lowest BCUT2D eigenvalue weighted by atomic mass is 10.3. The molecule has 0 aliphatic heterocycles. The van der Waals surface area contributed by atoms with E-state index in [-0.39, 0.29) is 17.4 Å². The molecule has 2 heterocycles. The van der Waals surface area contributed by atoms with Crippen molar-refractivity contribution in [1.82, 2.24) is 15.2 Å². The Morgan fingerprint density at radius 2 is 1.94 bits per heavy atom. The summed E-state index contributed by atoms with van der Waals surface area (Å²) in [5, 5.41) is 6.11. The fraction of sp³-hybridized carbons (Fsp3) is 0.125. The van der Waals surface area contributed by atoms with Crippen molar-refractivity contribution in [3.63, 3.8) is 0 Å². The van der Waals surface area contributed by atoms with Crippen LogP contribution in [-0.2, 0) is 6.18 Å². The molecule has 0 amide bonds. The van der Waals surface area contributed by atoms with Gasteiger partial charge in [0.25, 0.3) is 5.89 Å². The van der Waals surface area contributed by atoms with Crippen molar-refractivity contribution in [2.75, 3.05) is 5.73 Å². The first-order valence-electron chi connectivity index (χ1n) is 4.10. The zero-order valence-electron chi connectivity index (χ0n) is 7.69. The van der Waals surface area contributed by atoms with Crippen LogP contribution in [0.5, 0.6) is 0 Å². The molecule has 5 nitrogen and oxygen atoms in total. The first-order valence-corrected chi connectivity index (χ1v) is 4.10. The summed E-state index contributed by atoms with van der Waals surface area (Å²) in [6.45, 7) is 0. The molecule has 0 radical (unpaired) electrons. The monoisotopic (exact) mass is 230 g/mol. The lowest BCUT2D eigenvalue weighted by Gasteiger charge is -1.97. The van der Waals surface area contributed by atoms with E-state index in [1.165, 1.54) is 18.2 Å². The Balaban J connectivity index is 2.39. The Hall–Kier alpha value is -2.12. The van der Waals surface area contributed by atoms with Gasteiger partial charge < -0.3 is 10.2 Å². The van der Waals surface area contributed by atoms with Crippen molar-refractivity contribution in [3.05, 3.63) is 24.1 Å². The predicted octanol–water partition coefficient (Wildman–Crippen LogP) is 1.73. The zero-order valence-corrected chi connectivity index (χ0v) is 7.69. The molecule has 0 unspecified atom stereocenters. The number of hydrogen-bond acceptors (Lipinski definition) is 5. The second-order valence-corrected chi connectivity index (χ2v) is 2.86. The average molecular weight is 230 g/mol. The number of nitrogens with zero attached hydrogens (tertiary/aromatic N) is 3. The molecule has 0 bridgehead atoms. The summed E-state index contributed by atoms with van der Waals surface area (Å²) in [6.07, 6.45) is -4.66. The van der Waals surface area contributed by atoms with Gasteiger partial charge in [-0.05, 0) is 12.1 Å². The molecule has 8 heteroatoms. The van der Waals surface area contributed by atoms with Gasteiger partial charge in [0.1, 0.15) is 11.5 Å². The van der Waals surface area contributed by atoms with Crippen LogP contribution in [0.25, 0.3) is 11.6 Å². The summed E-state index contributed by atoms with van der Waals surface area (Å²) in [5.41, 5.74) is 5.47. The van der Waals surface area contributed by atoms with Crippen molar-refractivity contribution < 1.29 is 17.6 Å². The van der Waals surface area contributed by atoms with Crippen molar-refractivity contribution >= 4 is 5.82 Å². The number of anilines is 1. The number of pyridine rings is 1. The Kier molecular flexibility index (Phi) is 2.26. The molecule has 0 aromatic carbocycles. The highest BCUT2D eigenvalue weighted by molar-refractivity contribution is 5.49. The largest absolute Gasteiger partial charge is 0.470 e. The van der Waals surface area contributed by atoms with E-state index in [1.807, 2.05) is 0 Å². The first-order chi connectivity index (χ1) is 7.47. The van der Waals surface area contributed by atoms with Crippen LogP contribution in [-0.4, -0.2) is 15.2 Å². The molecule has 2 N–H and O–H groups in total.